The van der Waals surface area contributed by atoms with E-state index in [1.54, 1.807) is 6.20 Å². The topological polar surface area (TPSA) is 60.5 Å². The molecule has 0 saturated heterocycles. The van der Waals surface area contributed by atoms with Crippen LogP contribution in [0.3, 0.4) is 0 Å². The largest absolute Gasteiger partial charge is 0.491 e. The Morgan fingerprint density at radius 1 is 1.00 bits per heavy atom. The number of carbonyl (C=O) groups excluding carboxylic acids is 1. The highest BCUT2D eigenvalue weighted by molar-refractivity contribution is 5.94. The number of nitrogens with one attached hydrogen (secondary N) is 1. The molecule has 0 aliphatic heterocycles. The van der Waals surface area contributed by atoms with Gasteiger partial charge in [-0.2, -0.15) is 13.2 Å². The minimum Gasteiger partial charge on any atom is -0.491 e. The van der Waals surface area contributed by atoms with Crippen LogP contribution in [0.2, 0.25) is 0 Å². The van der Waals surface area contributed by atoms with Gasteiger partial charge in [0.25, 0.3) is 5.91 Å². The average Bonchev–Trinajstić information content (AvgIpc) is 2.72. The minimum atomic E-state index is -4.40. The van der Waals surface area contributed by atoms with Crippen molar-refractivity contribution in [2.75, 3.05) is 19.8 Å². The molecule has 5 nitrogen and oxygen atoms in total. The van der Waals surface area contributed by atoms with Crippen LogP contribution in [0.5, 0.6) is 11.5 Å². The summed E-state index contributed by atoms with van der Waals surface area (Å²) in [5, 5.41) is 3.73. The van der Waals surface area contributed by atoms with E-state index < -0.39 is 12.8 Å². The lowest BCUT2D eigenvalue weighted by atomic mass is 10.2. The van der Waals surface area contributed by atoms with E-state index >= 15 is 0 Å². The second-order valence-corrected chi connectivity index (χ2v) is 6.22. The van der Waals surface area contributed by atoms with E-state index in [0.29, 0.717) is 30.9 Å². The van der Waals surface area contributed by atoms with Crippen LogP contribution in [0.15, 0.2) is 60.8 Å². The molecule has 152 valence electrons. The highest BCUT2D eigenvalue weighted by Gasteiger charge is 2.28. The molecule has 0 unspecified atom stereocenters. The van der Waals surface area contributed by atoms with Crippen LogP contribution in [0.4, 0.5) is 13.2 Å². The number of para-hydroxylation sites is 1. The van der Waals surface area contributed by atoms with E-state index in [1.165, 1.54) is 24.3 Å². The maximum atomic E-state index is 12.1. The lowest BCUT2D eigenvalue weighted by Gasteiger charge is -2.10. The summed E-state index contributed by atoms with van der Waals surface area (Å²) in [6, 6.07) is 15.0. The fourth-order valence-electron chi connectivity index (χ4n) is 2.62. The molecule has 8 heteroatoms. The summed E-state index contributed by atoms with van der Waals surface area (Å²) in [7, 11) is 0. The summed E-state index contributed by atoms with van der Waals surface area (Å²) in [5.74, 6) is 0.416. The van der Waals surface area contributed by atoms with Crippen LogP contribution < -0.4 is 14.8 Å². The normalized spacial score (nSPS) is 11.3. The molecular formula is C21H19F3N2O3. The average molecular weight is 404 g/mol. The van der Waals surface area contributed by atoms with Crippen LogP contribution in [0.25, 0.3) is 10.9 Å². The van der Waals surface area contributed by atoms with E-state index in [0.717, 1.165) is 10.9 Å². The number of fused-ring (bicyclic) bond motifs is 1. The van der Waals surface area contributed by atoms with Gasteiger partial charge in [0, 0.05) is 23.7 Å². The van der Waals surface area contributed by atoms with Crippen molar-refractivity contribution in [3.8, 4) is 11.5 Å². The lowest BCUT2D eigenvalue weighted by Crippen LogP contribution is -2.25. The SMILES string of the molecule is O=C(NCCCOc1cccc2cccnc12)c1ccc(OCC(F)(F)F)cc1. The Kier molecular flexibility index (Phi) is 6.54. The molecule has 0 spiro atoms. The number of hydrogen-bond acceptors (Lipinski definition) is 4. The van der Waals surface area contributed by atoms with Gasteiger partial charge < -0.3 is 14.8 Å². The molecule has 1 amide bonds. The molecule has 0 fully saturated rings. The summed E-state index contributed by atoms with van der Waals surface area (Å²) < 4.78 is 46.8. The van der Waals surface area contributed by atoms with Gasteiger partial charge >= 0.3 is 6.18 Å². The van der Waals surface area contributed by atoms with Crippen LogP contribution in [0, 0.1) is 0 Å². The molecule has 1 aromatic heterocycles. The zero-order valence-electron chi connectivity index (χ0n) is 15.4. The van der Waals surface area contributed by atoms with Crippen molar-refractivity contribution in [1.29, 1.82) is 0 Å². The van der Waals surface area contributed by atoms with Gasteiger partial charge in [-0.1, -0.05) is 18.2 Å². The van der Waals surface area contributed by atoms with Gasteiger partial charge in [0.1, 0.15) is 17.0 Å². The molecule has 3 aromatic rings. The number of pyridine rings is 1. The fraction of sp³-hybridized carbons (Fsp3) is 0.238. The zero-order chi connectivity index (χ0) is 20.7. The Morgan fingerprint density at radius 2 is 1.76 bits per heavy atom. The molecule has 2 aromatic carbocycles. The van der Waals surface area contributed by atoms with E-state index in [2.05, 4.69) is 15.0 Å². The molecule has 29 heavy (non-hydrogen) atoms. The molecule has 0 bridgehead atoms. The third-order valence-electron chi connectivity index (χ3n) is 3.98. The van der Waals surface area contributed by atoms with Crippen molar-refractivity contribution in [2.24, 2.45) is 0 Å². The minimum absolute atomic E-state index is 0.0518. The number of nitrogens with zero attached hydrogens (tertiary/aromatic N) is 1. The number of alkyl halides is 3. The first-order valence-electron chi connectivity index (χ1n) is 8.97. The smallest absolute Gasteiger partial charge is 0.422 e. The summed E-state index contributed by atoms with van der Waals surface area (Å²) >= 11 is 0. The number of halogens is 3. The number of carbonyl (C=O) groups is 1. The predicted octanol–water partition coefficient (Wildman–Crippen LogP) is 4.37. The number of aromatic nitrogens is 1. The molecule has 0 aliphatic carbocycles. The quantitative estimate of drug-likeness (QED) is 0.567. The Hall–Kier alpha value is -3.29. The first-order valence-corrected chi connectivity index (χ1v) is 8.97. The summed E-state index contributed by atoms with van der Waals surface area (Å²) in [6.07, 6.45) is -2.11. The highest BCUT2D eigenvalue weighted by atomic mass is 19.4. The van der Waals surface area contributed by atoms with Crippen LogP contribution in [0.1, 0.15) is 16.8 Å². The van der Waals surface area contributed by atoms with E-state index in [1.807, 2.05) is 30.3 Å². The first-order chi connectivity index (χ1) is 13.9. The molecule has 0 saturated carbocycles. The maximum Gasteiger partial charge on any atom is 0.422 e. The van der Waals surface area contributed by atoms with Crippen LogP contribution >= 0.6 is 0 Å². The van der Waals surface area contributed by atoms with Gasteiger partial charge in [0.2, 0.25) is 0 Å². The molecule has 3 rings (SSSR count). The van der Waals surface area contributed by atoms with E-state index in [-0.39, 0.29) is 11.7 Å². The summed E-state index contributed by atoms with van der Waals surface area (Å²) in [4.78, 5) is 16.4. The van der Waals surface area contributed by atoms with Crippen molar-refractivity contribution < 1.29 is 27.4 Å². The summed E-state index contributed by atoms with van der Waals surface area (Å²) in [6.45, 7) is -0.575. The molecular weight excluding hydrogens is 385 g/mol. The van der Waals surface area contributed by atoms with E-state index in [9.17, 15) is 18.0 Å². The van der Waals surface area contributed by atoms with E-state index in [4.69, 9.17) is 4.74 Å². The zero-order valence-corrected chi connectivity index (χ0v) is 15.4. The van der Waals surface area contributed by atoms with Crippen molar-refractivity contribution in [1.82, 2.24) is 10.3 Å². The first kappa shape index (κ1) is 20.4. The molecule has 0 atom stereocenters. The monoisotopic (exact) mass is 404 g/mol. The predicted molar refractivity (Wildman–Crippen MR) is 102 cm³/mol. The van der Waals surface area contributed by atoms with Gasteiger partial charge in [-0.05, 0) is 42.8 Å². The number of rotatable bonds is 8. The van der Waals surface area contributed by atoms with Gasteiger partial charge in [0.05, 0.1) is 6.61 Å². The molecule has 1 heterocycles. The standard InChI is InChI=1S/C21H19F3N2O3/c22-21(23,24)14-29-17-9-7-16(8-10-17)20(27)26-12-3-13-28-18-6-1-4-15-5-2-11-25-19(15)18/h1-2,4-11H,3,12-14H2,(H,26,27). The number of benzene rings is 2. The van der Waals surface area contributed by atoms with Gasteiger partial charge in [-0.25, -0.2) is 0 Å². The summed E-state index contributed by atoms with van der Waals surface area (Å²) in [5.41, 5.74) is 1.12. The lowest BCUT2D eigenvalue weighted by molar-refractivity contribution is -0.153. The number of hydrogen-bond donors (Lipinski definition) is 1. The van der Waals surface area contributed by atoms with Crippen LogP contribution in [-0.4, -0.2) is 36.8 Å². The maximum absolute atomic E-state index is 12.1. The Bertz CT molecular complexity index is 954. The Balaban J connectivity index is 1.42. The molecule has 0 aliphatic rings. The van der Waals surface area contributed by atoms with Crippen molar-refractivity contribution in [3.05, 3.63) is 66.4 Å². The third kappa shape index (κ3) is 6.10. The van der Waals surface area contributed by atoms with Crippen molar-refractivity contribution >= 4 is 16.8 Å². The number of amides is 1. The fourth-order valence-corrected chi connectivity index (χ4v) is 2.62. The Morgan fingerprint density at radius 3 is 2.52 bits per heavy atom. The van der Waals surface area contributed by atoms with Crippen molar-refractivity contribution in [3.63, 3.8) is 0 Å². The Labute approximate surface area is 165 Å². The van der Waals surface area contributed by atoms with Crippen LogP contribution in [-0.2, 0) is 0 Å². The second-order valence-electron chi connectivity index (χ2n) is 6.22. The van der Waals surface area contributed by atoms with Crippen molar-refractivity contribution in [2.45, 2.75) is 12.6 Å². The molecule has 1 N–H and O–H groups in total. The number of ether oxygens (including phenoxy) is 2. The second kappa shape index (κ2) is 9.27. The highest BCUT2D eigenvalue weighted by Crippen LogP contribution is 2.23. The van der Waals surface area contributed by atoms with Gasteiger partial charge in [0.15, 0.2) is 6.61 Å². The molecule has 0 radical (unpaired) electrons. The van der Waals surface area contributed by atoms with Gasteiger partial charge in [-0.3, -0.25) is 9.78 Å². The third-order valence-corrected chi connectivity index (χ3v) is 3.98. The van der Waals surface area contributed by atoms with Gasteiger partial charge in [-0.15, -0.1) is 0 Å².